The molecule has 0 saturated carbocycles. The van der Waals surface area contributed by atoms with E-state index in [-0.39, 0.29) is 17.9 Å². The first-order valence-corrected chi connectivity index (χ1v) is 9.52. The molecule has 1 aliphatic rings. The average Bonchev–Trinajstić information content (AvgIpc) is 3.23. The Bertz CT molecular complexity index is 899. The van der Waals surface area contributed by atoms with Gasteiger partial charge in [0, 0.05) is 5.41 Å². The van der Waals surface area contributed by atoms with Crippen LogP contribution in [-0.4, -0.2) is 21.7 Å². The maximum Gasteiger partial charge on any atom is 0.290 e. The molecule has 1 unspecified atom stereocenters. The van der Waals surface area contributed by atoms with Gasteiger partial charge in [-0.25, -0.2) is 0 Å². The summed E-state index contributed by atoms with van der Waals surface area (Å²) in [7, 11) is 0. The Labute approximate surface area is 165 Å². The summed E-state index contributed by atoms with van der Waals surface area (Å²) in [6.07, 6.45) is 1.54. The number of carbonyl (C=O) groups is 2. The monoisotopic (exact) mass is 381 g/mol. The van der Waals surface area contributed by atoms with Gasteiger partial charge in [0.2, 0.25) is 0 Å². The lowest BCUT2D eigenvalue weighted by atomic mass is 9.82. The number of carbonyl (C=O) groups excluding carboxylic acids is 2. The van der Waals surface area contributed by atoms with E-state index >= 15 is 0 Å². The fourth-order valence-electron chi connectivity index (χ4n) is 3.43. The van der Waals surface area contributed by atoms with Crippen LogP contribution in [0.5, 0.6) is 0 Å². The van der Waals surface area contributed by atoms with Gasteiger partial charge in [0.15, 0.2) is 11.5 Å². The molecule has 2 heterocycles. The number of hydrogen-bond donors (Lipinski definition) is 1. The Kier molecular flexibility index (Phi) is 5.20. The Morgan fingerprint density at radius 2 is 1.82 bits per heavy atom. The predicted octanol–water partition coefficient (Wildman–Crippen LogP) is 4.91. The van der Waals surface area contributed by atoms with Crippen molar-refractivity contribution in [2.24, 2.45) is 5.41 Å². The SMILES string of the molecule is CC(C)c1ccc(C2C(C(=O)C(C)(C)C)=C(O)C(=O)N2Cc2ccco2)cc1. The molecule has 1 N–H and O–H groups in total. The van der Waals surface area contributed by atoms with E-state index in [2.05, 4.69) is 13.8 Å². The van der Waals surface area contributed by atoms with E-state index in [1.54, 1.807) is 32.9 Å². The summed E-state index contributed by atoms with van der Waals surface area (Å²) in [6, 6.07) is 10.7. The summed E-state index contributed by atoms with van der Waals surface area (Å²) >= 11 is 0. The van der Waals surface area contributed by atoms with Gasteiger partial charge in [-0.1, -0.05) is 58.9 Å². The van der Waals surface area contributed by atoms with Crippen molar-refractivity contribution in [3.8, 4) is 0 Å². The third-order valence-electron chi connectivity index (χ3n) is 5.05. The van der Waals surface area contributed by atoms with Crippen molar-refractivity contribution < 1.29 is 19.1 Å². The molecule has 1 aromatic heterocycles. The van der Waals surface area contributed by atoms with Crippen LogP contribution in [0.1, 0.15) is 63.5 Å². The summed E-state index contributed by atoms with van der Waals surface area (Å²) < 4.78 is 5.40. The van der Waals surface area contributed by atoms with Crippen LogP contribution in [0.4, 0.5) is 0 Å². The van der Waals surface area contributed by atoms with Crippen molar-refractivity contribution in [2.75, 3.05) is 0 Å². The van der Waals surface area contributed by atoms with Crippen molar-refractivity contribution in [3.63, 3.8) is 0 Å². The van der Waals surface area contributed by atoms with E-state index in [1.807, 2.05) is 24.3 Å². The molecule has 2 aromatic rings. The number of hydrogen-bond acceptors (Lipinski definition) is 4. The van der Waals surface area contributed by atoms with Crippen molar-refractivity contribution in [1.82, 2.24) is 4.90 Å². The van der Waals surface area contributed by atoms with Gasteiger partial charge in [-0.05, 0) is 29.2 Å². The van der Waals surface area contributed by atoms with Crippen LogP contribution in [0.2, 0.25) is 0 Å². The molecule has 3 rings (SSSR count). The average molecular weight is 381 g/mol. The minimum atomic E-state index is -0.722. The smallest absolute Gasteiger partial charge is 0.290 e. The van der Waals surface area contributed by atoms with Crippen LogP contribution >= 0.6 is 0 Å². The number of aliphatic hydroxyl groups excluding tert-OH is 1. The molecule has 1 amide bonds. The highest BCUT2D eigenvalue weighted by Crippen LogP contribution is 2.41. The first kappa shape index (κ1) is 19.9. The molecule has 0 radical (unpaired) electrons. The summed E-state index contributed by atoms with van der Waals surface area (Å²) in [5, 5.41) is 10.6. The predicted molar refractivity (Wildman–Crippen MR) is 107 cm³/mol. The van der Waals surface area contributed by atoms with Gasteiger partial charge < -0.3 is 14.4 Å². The van der Waals surface area contributed by atoms with Gasteiger partial charge in [-0.3, -0.25) is 9.59 Å². The van der Waals surface area contributed by atoms with Crippen LogP contribution in [0.15, 0.2) is 58.4 Å². The third kappa shape index (κ3) is 3.61. The number of furan rings is 1. The minimum absolute atomic E-state index is 0.154. The molecule has 0 bridgehead atoms. The molecule has 0 saturated heterocycles. The second-order valence-electron chi connectivity index (χ2n) is 8.58. The van der Waals surface area contributed by atoms with Crippen molar-refractivity contribution >= 4 is 11.7 Å². The molecular weight excluding hydrogens is 354 g/mol. The molecule has 0 aliphatic carbocycles. The Hall–Kier alpha value is -2.82. The van der Waals surface area contributed by atoms with Gasteiger partial charge in [0.1, 0.15) is 5.76 Å². The summed E-state index contributed by atoms with van der Waals surface area (Å²) in [5.74, 6) is -0.294. The molecule has 5 nitrogen and oxygen atoms in total. The lowest BCUT2D eigenvalue weighted by Gasteiger charge is -2.28. The lowest BCUT2D eigenvalue weighted by molar-refractivity contribution is -0.130. The zero-order chi connectivity index (χ0) is 20.6. The number of aliphatic hydroxyl groups is 1. The molecular formula is C23H27NO4. The van der Waals surface area contributed by atoms with Crippen LogP contribution in [0.25, 0.3) is 0 Å². The second kappa shape index (κ2) is 7.30. The van der Waals surface area contributed by atoms with Crippen molar-refractivity contribution in [1.29, 1.82) is 0 Å². The van der Waals surface area contributed by atoms with E-state index in [0.717, 1.165) is 5.56 Å². The molecule has 148 valence electrons. The summed E-state index contributed by atoms with van der Waals surface area (Å²) in [6.45, 7) is 9.75. The number of rotatable bonds is 5. The number of amides is 1. The van der Waals surface area contributed by atoms with Crippen LogP contribution in [0.3, 0.4) is 0 Å². The highest BCUT2D eigenvalue weighted by Gasteiger charge is 2.46. The quantitative estimate of drug-likeness (QED) is 0.798. The topological polar surface area (TPSA) is 70.8 Å². The minimum Gasteiger partial charge on any atom is -0.503 e. The lowest BCUT2D eigenvalue weighted by Crippen LogP contribution is -2.32. The fourth-order valence-corrected chi connectivity index (χ4v) is 3.43. The van der Waals surface area contributed by atoms with E-state index < -0.39 is 23.1 Å². The Morgan fingerprint density at radius 1 is 1.18 bits per heavy atom. The Balaban J connectivity index is 2.08. The van der Waals surface area contributed by atoms with Crippen molar-refractivity contribution in [3.05, 3.63) is 70.9 Å². The highest BCUT2D eigenvalue weighted by molar-refractivity contribution is 6.10. The molecule has 1 aromatic carbocycles. The van der Waals surface area contributed by atoms with E-state index in [1.165, 1.54) is 16.7 Å². The van der Waals surface area contributed by atoms with Gasteiger partial charge in [0.25, 0.3) is 5.91 Å². The first-order chi connectivity index (χ1) is 13.1. The molecule has 0 spiro atoms. The number of Topliss-reactive ketones (excluding diaryl/α,β-unsaturated/α-hetero) is 1. The normalized spacial score (nSPS) is 17.7. The molecule has 5 heteroatoms. The summed E-state index contributed by atoms with van der Waals surface area (Å²) in [5.41, 5.74) is 1.39. The maximum atomic E-state index is 13.1. The molecule has 28 heavy (non-hydrogen) atoms. The zero-order valence-corrected chi connectivity index (χ0v) is 17.0. The number of benzene rings is 1. The van der Waals surface area contributed by atoms with E-state index in [4.69, 9.17) is 4.42 Å². The fraction of sp³-hybridized carbons (Fsp3) is 0.391. The maximum absolute atomic E-state index is 13.1. The second-order valence-corrected chi connectivity index (χ2v) is 8.58. The van der Waals surface area contributed by atoms with Gasteiger partial charge in [-0.2, -0.15) is 0 Å². The van der Waals surface area contributed by atoms with E-state index in [9.17, 15) is 14.7 Å². The highest BCUT2D eigenvalue weighted by atomic mass is 16.3. The first-order valence-electron chi connectivity index (χ1n) is 9.52. The number of ketones is 1. The van der Waals surface area contributed by atoms with Crippen LogP contribution in [0, 0.1) is 5.41 Å². The zero-order valence-electron chi connectivity index (χ0n) is 17.0. The summed E-state index contributed by atoms with van der Waals surface area (Å²) in [4.78, 5) is 27.5. The van der Waals surface area contributed by atoms with Gasteiger partial charge >= 0.3 is 0 Å². The number of nitrogens with zero attached hydrogens (tertiary/aromatic N) is 1. The Morgan fingerprint density at radius 3 is 2.32 bits per heavy atom. The van der Waals surface area contributed by atoms with Crippen molar-refractivity contribution in [2.45, 2.75) is 53.1 Å². The standard InChI is InChI=1S/C23H27NO4/c1-14(2)15-8-10-16(11-9-15)19-18(21(26)23(3,4)5)20(25)22(27)24(19)13-17-7-6-12-28-17/h6-12,14,19,25H,13H2,1-5H3. The molecule has 1 aliphatic heterocycles. The van der Waals surface area contributed by atoms with Crippen LogP contribution in [-0.2, 0) is 16.1 Å². The molecule has 1 atom stereocenters. The van der Waals surface area contributed by atoms with E-state index in [0.29, 0.717) is 11.7 Å². The molecule has 0 fully saturated rings. The van der Waals surface area contributed by atoms with Gasteiger partial charge in [0.05, 0.1) is 24.4 Å². The third-order valence-corrected chi connectivity index (χ3v) is 5.05. The largest absolute Gasteiger partial charge is 0.503 e. The van der Waals surface area contributed by atoms with Gasteiger partial charge in [-0.15, -0.1) is 0 Å². The van der Waals surface area contributed by atoms with Crippen LogP contribution < -0.4 is 0 Å².